The monoisotopic (exact) mass is 132 g/mol. The maximum Gasteiger partial charge on any atom is 0.117 e. The van der Waals surface area contributed by atoms with E-state index in [4.69, 9.17) is 14.9 Å². The van der Waals surface area contributed by atoms with Crippen LogP contribution < -0.4 is 0 Å². The minimum Gasteiger partial charge on any atom is -0.391 e. The van der Waals surface area contributed by atoms with Gasteiger partial charge < -0.3 is 14.9 Å². The van der Waals surface area contributed by atoms with E-state index in [1.165, 1.54) is 0 Å². The Bertz CT molecular complexity index is 107. The normalized spacial score (nSPS) is 40.0. The van der Waals surface area contributed by atoms with E-state index < -0.39 is 17.8 Å². The summed E-state index contributed by atoms with van der Waals surface area (Å²) in [5.74, 6) is 0. The number of rotatable bonds is 2. The predicted molar refractivity (Wildman–Crippen MR) is 32.0 cm³/mol. The summed E-state index contributed by atoms with van der Waals surface area (Å²) in [4.78, 5) is 0. The molecule has 0 aromatic rings. The fourth-order valence-corrected chi connectivity index (χ4v) is 0.795. The van der Waals surface area contributed by atoms with E-state index in [1.54, 1.807) is 13.8 Å². The van der Waals surface area contributed by atoms with Crippen molar-refractivity contribution in [3.8, 4) is 0 Å². The van der Waals surface area contributed by atoms with Crippen LogP contribution in [0.3, 0.4) is 0 Å². The summed E-state index contributed by atoms with van der Waals surface area (Å²) in [5, 5.41) is 18.0. The summed E-state index contributed by atoms with van der Waals surface area (Å²) >= 11 is 0. The molecular formula is C6H12O3. The zero-order valence-electron chi connectivity index (χ0n) is 5.66. The Morgan fingerprint density at radius 1 is 1.56 bits per heavy atom. The van der Waals surface area contributed by atoms with Crippen LogP contribution in [0.15, 0.2) is 0 Å². The third-order valence-electron chi connectivity index (χ3n) is 1.68. The third kappa shape index (κ3) is 1.23. The average molecular weight is 132 g/mol. The first-order chi connectivity index (χ1) is 4.06. The van der Waals surface area contributed by atoms with Crippen molar-refractivity contribution in [2.45, 2.75) is 31.7 Å². The van der Waals surface area contributed by atoms with E-state index in [2.05, 4.69) is 0 Å². The molecule has 0 amide bonds. The molecule has 3 nitrogen and oxygen atoms in total. The minimum absolute atomic E-state index is 0.464. The first-order valence-corrected chi connectivity index (χ1v) is 3.06. The Hall–Kier alpha value is -0.120. The number of hydrogen-bond donors (Lipinski definition) is 2. The van der Waals surface area contributed by atoms with Crippen LogP contribution in [0, 0.1) is 0 Å². The van der Waals surface area contributed by atoms with Crippen LogP contribution in [0.1, 0.15) is 13.8 Å². The van der Waals surface area contributed by atoms with Gasteiger partial charge in [-0.1, -0.05) is 0 Å². The van der Waals surface area contributed by atoms with Gasteiger partial charge in [-0.15, -0.1) is 0 Å². The maximum atomic E-state index is 9.15. The van der Waals surface area contributed by atoms with E-state index in [-0.39, 0.29) is 0 Å². The SMILES string of the molecule is C[C@H](O)[C@H](O)[C@]1(C)CO1. The van der Waals surface area contributed by atoms with Gasteiger partial charge in [0, 0.05) is 0 Å². The van der Waals surface area contributed by atoms with Gasteiger partial charge in [0.2, 0.25) is 0 Å². The molecule has 9 heavy (non-hydrogen) atoms. The molecule has 0 saturated carbocycles. The van der Waals surface area contributed by atoms with Gasteiger partial charge in [-0.25, -0.2) is 0 Å². The zero-order chi connectivity index (χ0) is 7.07. The molecule has 1 aliphatic rings. The highest BCUT2D eigenvalue weighted by molar-refractivity contribution is 4.96. The van der Waals surface area contributed by atoms with Crippen molar-refractivity contribution in [1.29, 1.82) is 0 Å². The lowest BCUT2D eigenvalue weighted by molar-refractivity contribution is -0.0156. The Labute approximate surface area is 54.3 Å². The molecular weight excluding hydrogens is 120 g/mol. The molecule has 0 aromatic carbocycles. The van der Waals surface area contributed by atoms with E-state index >= 15 is 0 Å². The van der Waals surface area contributed by atoms with Gasteiger partial charge in [0.1, 0.15) is 11.7 Å². The van der Waals surface area contributed by atoms with E-state index in [0.29, 0.717) is 6.61 Å². The topological polar surface area (TPSA) is 53.0 Å². The van der Waals surface area contributed by atoms with Gasteiger partial charge in [-0.05, 0) is 13.8 Å². The van der Waals surface area contributed by atoms with E-state index in [1.807, 2.05) is 0 Å². The van der Waals surface area contributed by atoms with Gasteiger partial charge in [0.15, 0.2) is 0 Å². The second-order valence-corrected chi connectivity index (χ2v) is 2.79. The van der Waals surface area contributed by atoms with E-state index in [9.17, 15) is 0 Å². The maximum absolute atomic E-state index is 9.15. The summed E-state index contributed by atoms with van der Waals surface area (Å²) in [6, 6.07) is 0. The first kappa shape index (κ1) is 6.99. The van der Waals surface area contributed by atoms with Crippen LogP contribution in [0.4, 0.5) is 0 Å². The molecule has 3 atom stereocenters. The highest BCUT2D eigenvalue weighted by Gasteiger charge is 2.48. The van der Waals surface area contributed by atoms with Crippen molar-refractivity contribution >= 4 is 0 Å². The minimum atomic E-state index is -0.738. The number of aliphatic hydroxyl groups excluding tert-OH is 2. The highest BCUT2D eigenvalue weighted by Crippen LogP contribution is 2.31. The first-order valence-electron chi connectivity index (χ1n) is 3.06. The van der Waals surface area contributed by atoms with Gasteiger partial charge >= 0.3 is 0 Å². The van der Waals surface area contributed by atoms with Crippen molar-refractivity contribution < 1.29 is 14.9 Å². The van der Waals surface area contributed by atoms with Crippen LogP contribution in [0.5, 0.6) is 0 Å². The van der Waals surface area contributed by atoms with Crippen molar-refractivity contribution in [3.05, 3.63) is 0 Å². The number of ether oxygens (including phenoxy) is 1. The van der Waals surface area contributed by atoms with Gasteiger partial charge in [0.05, 0.1) is 12.7 Å². The Balaban J connectivity index is 2.42. The summed E-state index contributed by atoms with van der Waals surface area (Å²) in [6.45, 7) is 3.89. The molecule has 0 unspecified atom stereocenters. The van der Waals surface area contributed by atoms with Crippen LogP contribution >= 0.6 is 0 Å². The largest absolute Gasteiger partial charge is 0.391 e. The van der Waals surface area contributed by atoms with E-state index in [0.717, 1.165) is 0 Å². The van der Waals surface area contributed by atoms with Crippen molar-refractivity contribution in [2.24, 2.45) is 0 Å². The molecule has 2 N–H and O–H groups in total. The molecule has 0 bridgehead atoms. The summed E-state index contributed by atoms with van der Waals surface area (Å²) < 4.78 is 4.91. The van der Waals surface area contributed by atoms with Crippen molar-refractivity contribution in [1.82, 2.24) is 0 Å². The van der Waals surface area contributed by atoms with Gasteiger partial charge in [-0.3, -0.25) is 0 Å². The van der Waals surface area contributed by atoms with Gasteiger partial charge in [0.25, 0.3) is 0 Å². The highest BCUT2D eigenvalue weighted by atomic mass is 16.6. The van der Waals surface area contributed by atoms with Crippen LogP contribution in [0.25, 0.3) is 0 Å². The fraction of sp³-hybridized carbons (Fsp3) is 1.00. The number of hydrogen-bond acceptors (Lipinski definition) is 3. The molecule has 0 aromatic heterocycles. The number of aliphatic hydroxyl groups is 2. The molecule has 0 aliphatic carbocycles. The van der Waals surface area contributed by atoms with Crippen LogP contribution in [0.2, 0.25) is 0 Å². The quantitative estimate of drug-likeness (QED) is 0.499. The average Bonchev–Trinajstić information content (AvgIpc) is 2.47. The summed E-state index contributed by atoms with van der Waals surface area (Å²) in [5.41, 5.74) is -0.464. The fourth-order valence-electron chi connectivity index (χ4n) is 0.795. The van der Waals surface area contributed by atoms with Crippen LogP contribution in [-0.4, -0.2) is 34.6 Å². The molecule has 0 spiro atoms. The van der Waals surface area contributed by atoms with Crippen molar-refractivity contribution in [3.63, 3.8) is 0 Å². The molecule has 1 fully saturated rings. The standard InChI is InChI=1S/C6H12O3/c1-4(7)5(8)6(2)3-9-6/h4-5,7-8H,3H2,1-2H3/t4-,5-,6-/m0/s1. The second-order valence-electron chi connectivity index (χ2n) is 2.79. The third-order valence-corrected chi connectivity index (χ3v) is 1.68. The molecule has 1 rings (SSSR count). The Morgan fingerprint density at radius 3 is 2.11 bits per heavy atom. The predicted octanol–water partition coefficient (Wildman–Crippen LogP) is -0.483. The molecule has 3 heteroatoms. The second kappa shape index (κ2) is 1.94. The zero-order valence-corrected chi connectivity index (χ0v) is 5.66. The molecule has 0 radical (unpaired) electrons. The Kier molecular flexibility index (Phi) is 1.50. The summed E-state index contributed by atoms with van der Waals surface area (Å²) in [7, 11) is 0. The molecule has 54 valence electrons. The molecule has 1 aliphatic heterocycles. The lowest BCUT2D eigenvalue weighted by Crippen LogP contribution is -2.36. The molecule has 1 saturated heterocycles. The molecule has 1 heterocycles. The lowest BCUT2D eigenvalue weighted by Gasteiger charge is -2.16. The Morgan fingerprint density at radius 2 is 2.00 bits per heavy atom. The summed E-state index contributed by atoms with van der Waals surface area (Å²) in [6.07, 6.45) is -1.44. The number of epoxide rings is 1. The van der Waals surface area contributed by atoms with Gasteiger partial charge in [-0.2, -0.15) is 0 Å². The van der Waals surface area contributed by atoms with Crippen molar-refractivity contribution in [2.75, 3.05) is 6.61 Å². The van der Waals surface area contributed by atoms with Crippen LogP contribution in [-0.2, 0) is 4.74 Å². The lowest BCUT2D eigenvalue weighted by atomic mass is 10.0. The smallest absolute Gasteiger partial charge is 0.117 e.